The average Bonchev–Trinajstić information content (AvgIpc) is 2.67. The molecule has 9 heteroatoms. The molecule has 0 amide bonds. The summed E-state index contributed by atoms with van der Waals surface area (Å²) in [5.74, 6) is 0.652. The van der Waals surface area contributed by atoms with Crippen molar-refractivity contribution in [2.75, 3.05) is 24.7 Å². The Labute approximate surface area is 192 Å². The standard InChI is InChI=1S/C22H48N2O5S2/c1-5-20(6-2)18-21(19-31(24,27)28)12-16-29-15-10-9-13-22(7-3,8-4)14-11-17-30(23,25)26/h20-21H,5-19H2,1-4H3,(H2,23,25,26)(H2,24,27,28). The number of nitrogens with two attached hydrogens (primary N) is 2. The second kappa shape index (κ2) is 15.6. The highest BCUT2D eigenvalue weighted by atomic mass is 32.2. The van der Waals surface area contributed by atoms with Gasteiger partial charge in [-0.3, -0.25) is 0 Å². The van der Waals surface area contributed by atoms with Crippen LogP contribution in [-0.2, 0) is 24.8 Å². The number of sulfonamides is 2. The third-order valence-electron chi connectivity index (χ3n) is 6.84. The minimum Gasteiger partial charge on any atom is -0.381 e. The van der Waals surface area contributed by atoms with Crippen molar-refractivity contribution < 1.29 is 21.6 Å². The molecule has 1 unspecified atom stereocenters. The van der Waals surface area contributed by atoms with E-state index in [1.807, 2.05) is 0 Å². The molecule has 0 saturated carbocycles. The highest BCUT2D eigenvalue weighted by Gasteiger charge is 2.25. The van der Waals surface area contributed by atoms with Gasteiger partial charge in [0.1, 0.15) is 0 Å². The van der Waals surface area contributed by atoms with Crippen LogP contribution in [0.4, 0.5) is 0 Å². The number of hydrogen-bond donors (Lipinski definition) is 2. The molecule has 0 heterocycles. The van der Waals surface area contributed by atoms with Gasteiger partial charge < -0.3 is 4.74 Å². The maximum atomic E-state index is 11.6. The summed E-state index contributed by atoms with van der Waals surface area (Å²) in [7, 11) is -6.87. The monoisotopic (exact) mass is 484 g/mol. The molecule has 0 aromatic rings. The molecular weight excluding hydrogens is 436 g/mol. The molecular formula is C22H48N2O5S2. The predicted molar refractivity (Wildman–Crippen MR) is 130 cm³/mol. The molecule has 0 rings (SSSR count). The second-order valence-corrected chi connectivity index (χ2v) is 12.5. The molecule has 1 atom stereocenters. The number of primary sulfonamides is 2. The molecule has 0 aromatic carbocycles. The minimum absolute atomic E-state index is 0.0287. The zero-order valence-electron chi connectivity index (χ0n) is 20.3. The molecule has 7 nitrogen and oxygen atoms in total. The quantitative estimate of drug-likeness (QED) is 0.250. The van der Waals surface area contributed by atoms with Crippen LogP contribution in [0.5, 0.6) is 0 Å². The fourth-order valence-electron chi connectivity index (χ4n) is 4.48. The van der Waals surface area contributed by atoms with E-state index in [1.54, 1.807) is 0 Å². The summed E-state index contributed by atoms with van der Waals surface area (Å²) in [6, 6.07) is 0. The first-order chi connectivity index (χ1) is 14.4. The van der Waals surface area contributed by atoms with Gasteiger partial charge in [-0.15, -0.1) is 0 Å². The zero-order valence-corrected chi connectivity index (χ0v) is 21.9. The van der Waals surface area contributed by atoms with Gasteiger partial charge in [0, 0.05) is 13.2 Å². The maximum Gasteiger partial charge on any atom is 0.209 e. The number of hydrogen-bond acceptors (Lipinski definition) is 5. The van der Waals surface area contributed by atoms with E-state index >= 15 is 0 Å². The normalized spacial score (nSPS) is 14.3. The lowest BCUT2D eigenvalue weighted by Gasteiger charge is -2.32. The van der Waals surface area contributed by atoms with E-state index < -0.39 is 20.0 Å². The van der Waals surface area contributed by atoms with Gasteiger partial charge in [0.2, 0.25) is 20.0 Å². The van der Waals surface area contributed by atoms with Crippen molar-refractivity contribution in [3.05, 3.63) is 0 Å². The lowest BCUT2D eigenvalue weighted by atomic mass is 9.74. The van der Waals surface area contributed by atoms with Crippen LogP contribution in [0.25, 0.3) is 0 Å². The molecule has 31 heavy (non-hydrogen) atoms. The Balaban J connectivity index is 4.32. The van der Waals surface area contributed by atoms with Gasteiger partial charge in [0.05, 0.1) is 11.5 Å². The fourth-order valence-corrected chi connectivity index (χ4v) is 5.98. The van der Waals surface area contributed by atoms with Gasteiger partial charge in [0.25, 0.3) is 0 Å². The Morgan fingerprint density at radius 1 is 0.774 bits per heavy atom. The largest absolute Gasteiger partial charge is 0.381 e. The number of unbranched alkanes of at least 4 members (excludes halogenated alkanes) is 1. The Morgan fingerprint density at radius 3 is 1.84 bits per heavy atom. The van der Waals surface area contributed by atoms with E-state index in [-0.39, 0.29) is 22.8 Å². The van der Waals surface area contributed by atoms with Gasteiger partial charge in [-0.05, 0) is 55.8 Å². The van der Waals surface area contributed by atoms with Crippen LogP contribution in [0.1, 0.15) is 98.3 Å². The van der Waals surface area contributed by atoms with Crippen molar-refractivity contribution in [1.29, 1.82) is 0 Å². The smallest absolute Gasteiger partial charge is 0.209 e. The predicted octanol–water partition coefficient (Wildman–Crippen LogP) is 4.17. The third-order valence-corrected chi connectivity index (χ3v) is 8.64. The zero-order chi connectivity index (χ0) is 24.0. The molecule has 0 saturated heterocycles. The fraction of sp³-hybridized carbons (Fsp3) is 1.00. The SMILES string of the molecule is CCC(CC)CC(CCOCCCCC(CC)(CC)CCCS(N)(=O)=O)CS(N)(=O)=O. The highest BCUT2D eigenvalue weighted by Crippen LogP contribution is 2.37. The lowest BCUT2D eigenvalue weighted by molar-refractivity contribution is 0.109. The second-order valence-electron chi connectivity index (χ2n) is 9.15. The number of rotatable bonds is 20. The molecule has 0 fully saturated rings. The first-order valence-corrected chi connectivity index (χ1v) is 15.4. The first kappa shape index (κ1) is 30.8. The molecule has 0 aliphatic carbocycles. The van der Waals surface area contributed by atoms with Crippen LogP contribution in [0, 0.1) is 17.3 Å². The summed E-state index contributed by atoms with van der Waals surface area (Å²) >= 11 is 0. The van der Waals surface area contributed by atoms with Crippen LogP contribution in [-0.4, -0.2) is 41.6 Å². The molecule has 0 spiro atoms. The van der Waals surface area contributed by atoms with Crippen LogP contribution in [0.2, 0.25) is 0 Å². The van der Waals surface area contributed by atoms with Crippen molar-refractivity contribution in [1.82, 2.24) is 0 Å². The highest BCUT2D eigenvalue weighted by molar-refractivity contribution is 7.89. The summed E-state index contributed by atoms with van der Waals surface area (Å²) in [4.78, 5) is 0. The van der Waals surface area contributed by atoms with Crippen molar-refractivity contribution in [3.63, 3.8) is 0 Å². The van der Waals surface area contributed by atoms with E-state index in [1.165, 1.54) is 0 Å². The summed E-state index contributed by atoms with van der Waals surface area (Å²) in [5.41, 5.74) is 0.167. The van der Waals surface area contributed by atoms with E-state index in [0.717, 1.165) is 57.8 Å². The topological polar surface area (TPSA) is 130 Å². The van der Waals surface area contributed by atoms with Crippen LogP contribution < -0.4 is 10.3 Å². The molecule has 0 aliphatic heterocycles. The molecule has 0 aromatic heterocycles. The molecule has 0 aliphatic rings. The molecule has 0 radical (unpaired) electrons. The summed E-state index contributed by atoms with van der Waals surface area (Å²) < 4.78 is 51.3. The summed E-state index contributed by atoms with van der Waals surface area (Å²) in [5, 5.41) is 10.4. The van der Waals surface area contributed by atoms with Gasteiger partial charge in [-0.25, -0.2) is 27.1 Å². The Morgan fingerprint density at radius 2 is 1.35 bits per heavy atom. The van der Waals surface area contributed by atoms with Crippen LogP contribution in [0.3, 0.4) is 0 Å². The summed E-state index contributed by atoms with van der Waals surface area (Å²) in [6.45, 7) is 9.83. The van der Waals surface area contributed by atoms with E-state index in [9.17, 15) is 16.8 Å². The Hall–Kier alpha value is -0.220. The minimum atomic E-state index is -3.48. The van der Waals surface area contributed by atoms with Crippen molar-refractivity contribution in [2.45, 2.75) is 98.3 Å². The van der Waals surface area contributed by atoms with Crippen molar-refractivity contribution in [2.24, 2.45) is 27.5 Å². The van der Waals surface area contributed by atoms with E-state index in [4.69, 9.17) is 15.0 Å². The van der Waals surface area contributed by atoms with Crippen LogP contribution >= 0.6 is 0 Å². The van der Waals surface area contributed by atoms with E-state index in [2.05, 4.69) is 27.7 Å². The third kappa shape index (κ3) is 16.1. The van der Waals surface area contributed by atoms with Crippen molar-refractivity contribution >= 4 is 20.0 Å². The number of ether oxygens (including phenoxy) is 1. The maximum absolute atomic E-state index is 11.6. The van der Waals surface area contributed by atoms with Gasteiger partial charge in [-0.1, -0.05) is 59.8 Å². The molecule has 0 bridgehead atoms. The Bertz CT molecular complexity index is 657. The van der Waals surface area contributed by atoms with Gasteiger partial charge in [0.15, 0.2) is 0 Å². The first-order valence-electron chi connectivity index (χ1n) is 12.0. The Kier molecular flexibility index (Phi) is 15.5. The van der Waals surface area contributed by atoms with Gasteiger partial charge >= 0.3 is 0 Å². The van der Waals surface area contributed by atoms with Crippen LogP contribution in [0.15, 0.2) is 0 Å². The van der Waals surface area contributed by atoms with Crippen molar-refractivity contribution in [3.8, 4) is 0 Å². The van der Waals surface area contributed by atoms with E-state index in [0.29, 0.717) is 32.0 Å². The van der Waals surface area contributed by atoms with Gasteiger partial charge in [-0.2, -0.15) is 0 Å². The summed E-state index contributed by atoms with van der Waals surface area (Å²) in [6.07, 6.45) is 10.3. The molecule has 188 valence electrons. The molecule has 4 N–H and O–H groups in total. The lowest BCUT2D eigenvalue weighted by Crippen LogP contribution is -2.25. The average molecular weight is 485 g/mol.